The molecule has 0 unspecified atom stereocenters. The fourth-order valence-corrected chi connectivity index (χ4v) is 6.38. The van der Waals surface area contributed by atoms with Crippen LogP contribution in [-0.2, 0) is 0 Å². The summed E-state index contributed by atoms with van der Waals surface area (Å²) in [7, 11) is -3.00. The molecule has 2 aromatic carbocycles. The first kappa shape index (κ1) is 17.0. The lowest BCUT2D eigenvalue weighted by Crippen LogP contribution is -2.54. The van der Waals surface area contributed by atoms with Gasteiger partial charge in [-0.2, -0.15) is 11.1 Å². The molecule has 0 amide bonds. The summed E-state index contributed by atoms with van der Waals surface area (Å²) < 4.78 is 51.5. The maximum Gasteiger partial charge on any atom is 0.307 e. The van der Waals surface area contributed by atoms with E-state index in [0.29, 0.717) is 0 Å². The Morgan fingerprint density at radius 2 is 1.27 bits per heavy atom. The predicted molar refractivity (Wildman–Crippen MR) is 84.1 cm³/mol. The minimum Gasteiger partial charge on any atom is -0.204 e. The third kappa shape index (κ3) is 3.70. The first-order chi connectivity index (χ1) is 10.4. The van der Waals surface area contributed by atoms with E-state index in [-0.39, 0.29) is 6.04 Å². The molecule has 0 saturated heterocycles. The molecule has 2 rings (SSSR count). The van der Waals surface area contributed by atoms with E-state index in [2.05, 4.69) is 0 Å². The van der Waals surface area contributed by atoms with Crippen LogP contribution in [0, 0.1) is 0 Å². The number of alkyl halides is 4. The van der Waals surface area contributed by atoms with E-state index in [1.165, 1.54) is 0 Å². The minimum atomic E-state index is -4.02. The predicted octanol–water partition coefficient (Wildman–Crippen LogP) is 4.28. The lowest BCUT2D eigenvalue weighted by Gasteiger charge is -2.27. The van der Waals surface area contributed by atoms with Gasteiger partial charge in [0.2, 0.25) is 7.38 Å². The molecule has 0 bridgehead atoms. The summed E-state index contributed by atoms with van der Waals surface area (Å²) in [6, 6.07) is 17.6. The van der Waals surface area contributed by atoms with Crippen molar-refractivity contribution in [3.8, 4) is 0 Å². The van der Waals surface area contributed by atoms with E-state index in [4.69, 9.17) is 11.1 Å². The van der Waals surface area contributed by atoms with Crippen LogP contribution in [0.15, 0.2) is 60.7 Å². The average molecular weight is 347 g/mol. The molecule has 118 valence electrons. The average Bonchev–Trinajstić information content (AvgIpc) is 2.54. The summed E-state index contributed by atoms with van der Waals surface area (Å²) in [5.74, 6) is -4.02. The fourth-order valence-electron chi connectivity index (χ4n) is 2.31. The molecule has 0 nitrogen and oxygen atoms in total. The van der Waals surface area contributed by atoms with Gasteiger partial charge in [-0.1, -0.05) is 60.7 Å². The highest BCUT2D eigenvalue weighted by Crippen LogP contribution is 2.32. The van der Waals surface area contributed by atoms with Crippen LogP contribution in [-0.4, -0.2) is 19.7 Å². The molecule has 0 N–H and O–H groups in total. The third-order valence-corrected chi connectivity index (χ3v) is 8.90. The molecule has 0 aliphatic heterocycles. The number of rotatable bonds is 6. The van der Waals surface area contributed by atoms with Crippen molar-refractivity contribution in [2.75, 3.05) is 0 Å². The van der Waals surface area contributed by atoms with Gasteiger partial charge in [0.15, 0.2) is 0 Å². The fraction of sp³-hybridized carbons (Fsp3) is 0.250. The molecule has 0 atom stereocenters. The summed E-state index contributed by atoms with van der Waals surface area (Å²) in [6.45, 7) is 0. The van der Waals surface area contributed by atoms with E-state index < -0.39 is 26.2 Å². The van der Waals surface area contributed by atoms with E-state index in [0.717, 1.165) is 10.4 Å². The van der Waals surface area contributed by atoms with Crippen molar-refractivity contribution < 1.29 is 17.6 Å². The molecule has 22 heavy (non-hydrogen) atoms. The van der Waals surface area contributed by atoms with Crippen LogP contribution in [0.4, 0.5) is 17.6 Å². The molecule has 0 radical (unpaired) electrons. The van der Waals surface area contributed by atoms with Crippen LogP contribution < -0.4 is 10.4 Å². The van der Waals surface area contributed by atoms with E-state index in [9.17, 15) is 17.6 Å². The third-order valence-electron chi connectivity index (χ3n) is 3.58. The molecule has 0 aromatic heterocycles. The van der Waals surface area contributed by atoms with Crippen molar-refractivity contribution in [2.45, 2.75) is 24.8 Å². The Balaban J connectivity index is 2.35. The van der Waals surface area contributed by atoms with Gasteiger partial charge in [-0.15, -0.1) is 0 Å². The summed E-state index contributed by atoms with van der Waals surface area (Å²) in [6.07, 6.45) is -4.60. The number of benzene rings is 2. The summed E-state index contributed by atoms with van der Waals surface area (Å²) >= 11 is 6.76. The second kappa shape index (κ2) is 6.83. The Morgan fingerprint density at radius 1 is 0.864 bits per heavy atom. The highest BCUT2D eigenvalue weighted by molar-refractivity contribution is 7.34. The zero-order valence-corrected chi connectivity index (χ0v) is 13.4. The van der Waals surface area contributed by atoms with Crippen molar-refractivity contribution in [1.82, 2.24) is 0 Å². The molecule has 0 fully saturated rings. The van der Waals surface area contributed by atoms with Crippen LogP contribution in [0.2, 0.25) is 6.04 Å². The standard InChI is InChI=1S/C16H15ClF4Si/c17-22(13-7-3-1-4-8-13,14-9-5-2-6-10-14)12-11-16(20,21)15(18)19/h1-10,15H,11-12H2. The maximum atomic E-state index is 13.3. The van der Waals surface area contributed by atoms with Crippen LogP contribution in [0.1, 0.15) is 6.42 Å². The number of hydrogen-bond donors (Lipinski definition) is 0. The normalized spacial score (nSPS) is 12.6. The Labute approximate surface area is 132 Å². The van der Waals surface area contributed by atoms with Gasteiger partial charge < -0.3 is 0 Å². The summed E-state index contributed by atoms with van der Waals surface area (Å²) in [4.78, 5) is 0. The van der Waals surface area contributed by atoms with Crippen molar-refractivity contribution in [2.24, 2.45) is 0 Å². The van der Waals surface area contributed by atoms with Gasteiger partial charge in [0.25, 0.3) is 0 Å². The Bertz CT molecular complexity index is 550. The Hall–Kier alpha value is -1.33. The molecule has 0 spiro atoms. The number of hydrogen-bond acceptors (Lipinski definition) is 0. The molecule has 2 aromatic rings. The van der Waals surface area contributed by atoms with Gasteiger partial charge in [-0.25, -0.2) is 17.6 Å². The zero-order chi connectivity index (χ0) is 16.2. The van der Waals surface area contributed by atoms with Crippen molar-refractivity contribution in [3.05, 3.63) is 60.7 Å². The molecule has 0 saturated carbocycles. The van der Waals surface area contributed by atoms with Gasteiger partial charge in [0.1, 0.15) is 0 Å². The van der Waals surface area contributed by atoms with Crippen LogP contribution in [0.3, 0.4) is 0 Å². The molecule has 0 heterocycles. The summed E-state index contributed by atoms with van der Waals surface area (Å²) in [5, 5.41) is 1.49. The quantitative estimate of drug-likeness (QED) is 0.416. The monoisotopic (exact) mass is 346 g/mol. The highest BCUT2D eigenvalue weighted by Gasteiger charge is 2.45. The Morgan fingerprint density at radius 3 is 1.64 bits per heavy atom. The van der Waals surface area contributed by atoms with Crippen LogP contribution >= 0.6 is 11.1 Å². The molecular formula is C16H15ClF4Si. The van der Waals surface area contributed by atoms with E-state index in [1.54, 1.807) is 60.7 Å². The second-order valence-corrected chi connectivity index (χ2v) is 10.3. The molecular weight excluding hydrogens is 332 g/mol. The first-order valence-electron chi connectivity index (χ1n) is 6.82. The van der Waals surface area contributed by atoms with Gasteiger partial charge in [-0.05, 0) is 16.4 Å². The highest BCUT2D eigenvalue weighted by atomic mass is 35.6. The largest absolute Gasteiger partial charge is 0.307 e. The van der Waals surface area contributed by atoms with Gasteiger partial charge in [0, 0.05) is 6.42 Å². The van der Waals surface area contributed by atoms with Crippen molar-refractivity contribution >= 4 is 28.8 Å². The minimum absolute atomic E-state index is 0.153. The number of halogens is 5. The van der Waals surface area contributed by atoms with Gasteiger partial charge >= 0.3 is 12.3 Å². The van der Waals surface area contributed by atoms with Gasteiger partial charge in [-0.3, -0.25) is 0 Å². The van der Waals surface area contributed by atoms with Crippen LogP contribution in [0.5, 0.6) is 0 Å². The molecule has 0 aliphatic rings. The molecule has 6 heteroatoms. The van der Waals surface area contributed by atoms with Gasteiger partial charge in [0.05, 0.1) is 0 Å². The topological polar surface area (TPSA) is 0 Å². The lowest BCUT2D eigenvalue weighted by molar-refractivity contribution is -0.129. The first-order valence-corrected chi connectivity index (χ1v) is 10.0. The van der Waals surface area contributed by atoms with Crippen molar-refractivity contribution in [3.63, 3.8) is 0 Å². The van der Waals surface area contributed by atoms with Crippen molar-refractivity contribution in [1.29, 1.82) is 0 Å². The van der Waals surface area contributed by atoms with Crippen LogP contribution in [0.25, 0.3) is 0 Å². The zero-order valence-electron chi connectivity index (χ0n) is 11.7. The SMILES string of the molecule is FC(F)C(F)(F)CC[Si](Cl)(c1ccccc1)c1ccccc1. The summed E-state index contributed by atoms with van der Waals surface area (Å²) in [5.41, 5.74) is 0. The maximum absolute atomic E-state index is 13.3. The smallest absolute Gasteiger partial charge is 0.204 e. The van der Waals surface area contributed by atoms with E-state index >= 15 is 0 Å². The van der Waals surface area contributed by atoms with E-state index in [1.807, 2.05) is 0 Å². The second-order valence-electron chi connectivity index (χ2n) is 5.09. The molecule has 0 aliphatic carbocycles. The Kier molecular flexibility index (Phi) is 5.29. The lowest BCUT2D eigenvalue weighted by atomic mass is 10.3.